The fourth-order valence-corrected chi connectivity index (χ4v) is 2.20. The Labute approximate surface area is 88.5 Å². The van der Waals surface area contributed by atoms with E-state index in [0.29, 0.717) is 5.92 Å². The number of thiophene rings is 1. The second-order valence-corrected chi connectivity index (χ2v) is 4.44. The van der Waals surface area contributed by atoms with Gasteiger partial charge in [-0.05, 0) is 17.4 Å². The molecule has 2 N–H and O–H groups in total. The van der Waals surface area contributed by atoms with Crippen molar-refractivity contribution >= 4 is 17.4 Å². The minimum atomic E-state index is -0.128. The molecular formula is C10H16N2OS. The topological polar surface area (TPSA) is 41.1 Å². The number of carbonyl (C=O) groups excluding carboxylic acids is 1. The Kier molecular flexibility index (Phi) is 3.95. The number of hydrogen-bond donors (Lipinski definition) is 2. The van der Waals surface area contributed by atoms with Crippen molar-refractivity contribution in [2.45, 2.75) is 19.9 Å². The van der Waals surface area contributed by atoms with Gasteiger partial charge in [-0.2, -0.15) is 0 Å². The Morgan fingerprint density at radius 2 is 2.21 bits per heavy atom. The maximum absolute atomic E-state index is 11.2. The summed E-state index contributed by atoms with van der Waals surface area (Å²) in [5, 5.41) is 7.52. The van der Waals surface area contributed by atoms with Gasteiger partial charge >= 0.3 is 6.03 Å². The predicted octanol–water partition coefficient (Wildman–Crippen LogP) is 2.37. The molecule has 1 aromatic heterocycles. The molecule has 0 spiro atoms. The molecular weight excluding hydrogens is 196 g/mol. The quantitative estimate of drug-likeness (QED) is 0.793. The molecule has 4 heteroatoms. The Balaban J connectivity index is 2.70. The van der Waals surface area contributed by atoms with E-state index < -0.39 is 0 Å². The molecule has 1 rings (SSSR count). The minimum absolute atomic E-state index is 0.106. The van der Waals surface area contributed by atoms with Gasteiger partial charge in [0.15, 0.2) is 0 Å². The van der Waals surface area contributed by atoms with Crippen molar-refractivity contribution in [2.75, 3.05) is 7.05 Å². The van der Waals surface area contributed by atoms with E-state index in [1.807, 2.05) is 17.5 Å². The molecule has 1 aromatic rings. The lowest BCUT2D eigenvalue weighted by Gasteiger charge is -2.20. The zero-order chi connectivity index (χ0) is 10.6. The van der Waals surface area contributed by atoms with Gasteiger partial charge in [0.05, 0.1) is 6.04 Å². The highest BCUT2D eigenvalue weighted by atomic mass is 32.1. The number of nitrogens with one attached hydrogen (secondary N) is 2. The third-order valence-electron chi connectivity index (χ3n) is 2.03. The van der Waals surface area contributed by atoms with Gasteiger partial charge in [0.25, 0.3) is 0 Å². The van der Waals surface area contributed by atoms with Gasteiger partial charge in [-0.3, -0.25) is 0 Å². The summed E-state index contributed by atoms with van der Waals surface area (Å²) in [6.45, 7) is 4.20. The average molecular weight is 212 g/mol. The van der Waals surface area contributed by atoms with Crippen molar-refractivity contribution in [1.29, 1.82) is 0 Å². The highest BCUT2D eigenvalue weighted by Crippen LogP contribution is 2.25. The number of carbonyl (C=O) groups is 1. The molecule has 0 saturated heterocycles. The zero-order valence-corrected chi connectivity index (χ0v) is 9.52. The van der Waals surface area contributed by atoms with Crippen LogP contribution in [0.1, 0.15) is 24.8 Å². The fourth-order valence-electron chi connectivity index (χ4n) is 1.25. The highest BCUT2D eigenvalue weighted by Gasteiger charge is 2.18. The Morgan fingerprint density at radius 1 is 1.50 bits per heavy atom. The Bertz CT molecular complexity index is 282. The van der Waals surface area contributed by atoms with Crippen molar-refractivity contribution in [2.24, 2.45) is 5.92 Å². The van der Waals surface area contributed by atoms with Crippen LogP contribution in [-0.2, 0) is 0 Å². The van der Waals surface area contributed by atoms with Crippen LogP contribution >= 0.6 is 11.3 Å². The lowest BCUT2D eigenvalue weighted by Crippen LogP contribution is -2.37. The van der Waals surface area contributed by atoms with E-state index in [1.54, 1.807) is 18.4 Å². The van der Waals surface area contributed by atoms with Gasteiger partial charge < -0.3 is 10.6 Å². The molecule has 1 unspecified atom stereocenters. The first-order valence-corrected chi connectivity index (χ1v) is 5.54. The minimum Gasteiger partial charge on any atom is -0.341 e. The van der Waals surface area contributed by atoms with Gasteiger partial charge in [0.2, 0.25) is 0 Å². The van der Waals surface area contributed by atoms with E-state index in [-0.39, 0.29) is 12.1 Å². The van der Waals surface area contributed by atoms with Crippen LogP contribution in [0.3, 0.4) is 0 Å². The number of rotatable bonds is 3. The van der Waals surface area contributed by atoms with E-state index in [1.165, 1.54) is 4.88 Å². The van der Waals surface area contributed by atoms with Crippen LogP contribution < -0.4 is 10.6 Å². The van der Waals surface area contributed by atoms with Gasteiger partial charge in [0.1, 0.15) is 0 Å². The maximum atomic E-state index is 11.2. The summed E-state index contributed by atoms with van der Waals surface area (Å²) >= 11 is 1.67. The van der Waals surface area contributed by atoms with Gasteiger partial charge in [-0.15, -0.1) is 11.3 Å². The molecule has 0 fully saturated rings. The monoisotopic (exact) mass is 212 g/mol. The standard InChI is InChI=1S/C10H16N2OS/c1-7(2)9(12-10(13)11-3)8-5-4-6-14-8/h4-7,9H,1-3H3,(H2,11,12,13). The first-order valence-electron chi connectivity index (χ1n) is 4.66. The molecule has 1 atom stereocenters. The van der Waals surface area contributed by atoms with Crippen LogP contribution in [0, 0.1) is 5.92 Å². The summed E-state index contributed by atoms with van der Waals surface area (Å²) in [5.74, 6) is 0.394. The van der Waals surface area contributed by atoms with E-state index in [9.17, 15) is 4.79 Å². The highest BCUT2D eigenvalue weighted by molar-refractivity contribution is 7.10. The molecule has 1 heterocycles. The van der Waals surface area contributed by atoms with Gasteiger partial charge in [-0.1, -0.05) is 19.9 Å². The first-order chi connectivity index (χ1) is 6.65. The molecule has 0 radical (unpaired) electrons. The normalized spacial score (nSPS) is 12.6. The molecule has 14 heavy (non-hydrogen) atoms. The summed E-state index contributed by atoms with van der Waals surface area (Å²) in [6.07, 6.45) is 0. The van der Waals surface area contributed by atoms with E-state index in [0.717, 1.165) is 0 Å². The fraction of sp³-hybridized carbons (Fsp3) is 0.500. The van der Waals surface area contributed by atoms with Crippen LogP contribution in [0.5, 0.6) is 0 Å². The molecule has 0 bridgehead atoms. The van der Waals surface area contributed by atoms with Crippen LogP contribution in [-0.4, -0.2) is 13.1 Å². The second-order valence-electron chi connectivity index (χ2n) is 3.46. The molecule has 0 saturated carbocycles. The van der Waals surface area contributed by atoms with Crippen molar-refractivity contribution in [3.8, 4) is 0 Å². The van der Waals surface area contributed by atoms with Crippen molar-refractivity contribution in [3.05, 3.63) is 22.4 Å². The molecule has 0 aliphatic heterocycles. The first kappa shape index (κ1) is 11.0. The Morgan fingerprint density at radius 3 is 2.64 bits per heavy atom. The van der Waals surface area contributed by atoms with Crippen molar-refractivity contribution < 1.29 is 4.79 Å². The van der Waals surface area contributed by atoms with Gasteiger partial charge in [-0.25, -0.2) is 4.79 Å². The molecule has 2 amide bonds. The summed E-state index contributed by atoms with van der Waals surface area (Å²) < 4.78 is 0. The summed E-state index contributed by atoms with van der Waals surface area (Å²) in [7, 11) is 1.63. The van der Waals surface area contributed by atoms with Crippen molar-refractivity contribution in [3.63, 3.8) is 0 Å². The predicted molar refractivity (Wildman–Crippen MR) is 59.5 cm³/mol. The summed E-state index contributed by atoms with van der Waals surface area (Å²) in [6, 6.07) is 4.03. The largest absolute Gasteiger partial charge is 0.341 e. The third-order valence-corrected chi connectivity index (χ3v) is 2.99. The second kappa shape index (κ2) is 5.00. The molecule has 78 valence electrons. The number of hydrogen-bond acceptors (Lipinski definition) is 2. The van der Waals surface area contributed by atoms with Gasteiger partial charge in [0, 0.05) is 11.9 Å². The number of amides is 2. The number of urea groups is 1. The zero-order valence-electron chi connectivity index (χ0n) is 8.70. The van der Waals surface area contributed by atoms with E-state index in [4.69, 9.17) is 0 Å². The van der Waals surface area contributed by atoms with Crippen LogP contribution in [0.2, 0.25) is 0 Å². The molecule has 0 aliphatic carbocycles. The van der Waals surface area contributed by atoms with Crippen molar-refractivity contribution in [1.82, 2.24) is 10.6 Å². The average Bonchev–Trinajstić information content (AvgIpc) is 2.65. The smallest absolute Gasteiger partial charge is 0.315 e. The molecule has 3 nitrogen and oxygen atoms in total. The maximum Gasteiger partial charge on any atom is 0.315 e. The summed E-state index contributed by atoms with van der Waals surface area (Å²) in [5.41, 5.74) is 0. The SMILES string of the molecule is CNC(=O)NC(c1cccs1)C(C)C. The molecule has 0 aliphatic rings. The van der Waals surface area contributed by atoms with Crippen LogP contribution in [0.25, 0.3) is 0 Å². The lowest BCUT2D eigenvalue weighted by atomic mass is 10.0. The Hall–Kier alpha value is -1.03. The van der Waals surface area contributed by atoms with E-state index >= 15 is 0 Å². The van der Waals surface area contributed by atoms with Crippen LogP contribution in [0.4, 0.5) is 4.79 Å². The lowest BCUT2D eigenvalue weighted by molar-refractivity contribution is 0.235. The third kappa shape index (κ3) is 2.73. The van der Waals surface area contributed by atoms with E-state index in [2.05, 4.69) is 24.5 Å². The molecule has 0 aromatic carbocycles. The van der Waals surface area contributed by atoms with Crippen LogP contribution in [0.15, 0.2) is 17.5 Å². The summed E-state index contributed by atoms with van der Waals surface area (Å²) in [4.78, 5) is 12.4.